The first-order valence-electron chi connectivity index (χ1n) is 13.0. The molecule has 0 spiro atoms. The number of nitrogens with one attached hydrogen (secondary N) is 3. The molecule has 3 atom stereocenters. The van der Waals surface area contributed by atoms with Crippen molar-refractivity contribution in [2.45, 2.75) is 51.5 Å². The van der Waals surface area contributed by atoms with Gasteiger partial charge in [0.25, 0.3) is 5.91 Å². The number of amides is 2. The summed E-state index contributed by atoms with van der Waals surface area (Å²) < 4.78 is 29.1. The van der Waals surface area contributed by atoms with Crippen molar-refractivity contribution in [2.75, 3.05) is 6.54 Å². The van der Waals surface area contributed by atoms with Gasteiger partial charge in [-0.15, -0.1) is 5.10 Å². The first-order valence-corrected chi connectivity index (χ1v) is 13.0. The predicted molar refractivity (Wildman–Crippen MR) is 146 cm³/mol. The Bertz CT molecular complexity index is 1460. The van der Waals surface area contributed by atoms with Gasteiger partial charge in [0.15, 0.2) is 0 Å². The molecule has 3 aromatic carbocycles. The van der Waals surface area contributed by atoms with Crippen LogP contribution in [0.4, 0.5) is 8.78 Å². The topological polar surface area (TPSA) is 121 Å². The van der Waals surface area contributed by atoms with Crippen LogP contribution in [0.3, 0.4) is 0 Å². The van der Waals surface area contributed by atoms with Gasteiger partial charge >= 0.3 is 0 Å². The number of hydrogen-bond donors (Lipinski definition) is 4. The molecule has 210 valence electrons. The number of carbonyl (C=O) groups excluding carboxylic acids is 2. The maximum atomic E-state index is 13.9. The zero-order chi connectivity index (χ0) is 28.6. The van der Waals surface area contributed by atoms with Crippen molar-refractivity contribution in [1.29, 1.82) is 0 Å². The van der Waals surface area contributed by atoms with E-state index in [1.54, 1.807) is 24.3 Å². The van der Waals surface area contributed by atoms with Crippen molar-refractivity contribution in [2.24, 2.45) is 0 Å². The summed E-state index contributed by atoms with van der Waals surface area (Å²) in [4.78, 5) is 25.5. The molecule has 0 radical (unpaired) electrons. The summed E-state index contributed by atoms with van der Waals surface area (Å²) >= 11 is 0. The summed E-state index contributed by atoms with van der Waals surface area (Å²) in [6.07, 6.45) is -1.60. The number of rotatable bonds is 12. The second kappa shape index (κ2) is 13.2. The van der Waals surface area contributed by atoms with Crippen LogP contribution in [0.5, 0.6) is 0 Å². The summed E-state index contributed by atoms with van der Waals surface area (Å²) in [5.74, 6) is -2.70. The lowest BCUT2D eigenvalue weighted by Crippen LogP contribution is -2.53. The fourth-order valence-corrected chi connectivity index (χ4v) is 4.50. The Balaban J connectivity index is 1.55. The van der Waals surface area contributed by atoms with Crippen LogP contribution in [-0.2, 0) is 29.0 Å². The van der Waals surface area contributed by atoms with Crippen LogP contribution in [0, 0.1) is 11.6 Å². The van der Waals surface area contributed by atoms with E-state index < -0.39 is 41.8 Å². The molecule has 40 heavy (non-hydrogen) atoms. The first kappa shape index (κ1) is 28.8. The molecule has 1 heterocycles. The van der Waals surface area contributed by atoms with E-state index in [2.05, 4.69) is 39.3 Å². The molecule has 3 unspecified atom stereocenters. The smallest absolute Gasteiger partial charge is 0.265 e. The SMILES string of the molecule is CCc1cccc(CNCC(O)C(Cc2cc(F)cc(F)c2)NC(=O)C(NC(C)=O)n2nnc3ccccc32)c1. The first-order chi connectivity index (χ1) is 19.2. The molecule has 0 saturated carbocycles. The molecule has 0 saturated heterocycles. The minimum atomic E-state index is -1.28. The average Bonchev–Trinajstić information content (AvgIpc) is 3.34. The van der Waals surface area contributed by atoms with E-state index in [4.69, 9.17) is 0 Å². The molecule has 0 fully saturated rings. The number of para-hydroxylation sites is 1. The van der Waals surface area contributed by atoms with Crippen LogP contribution in [0.15, 0.2) is 66.7 Å². The Labute approximate surface area is 230 Å². The highest BCUT2D eigenvalue weighted by atomic mass is 19.1. The minimum Gasteiger partial charge on any atom is -0.390 e. The second-order valence-electron chi connectivity index (χ2n) is 9.59. The number of aryl methyl sites for hydroxylation is 1. The van der Waals surface area contributed by atoms with Crippen LogP contribution in [-0.4, -0.2) is 50.6 Å². The monoisotopic (exact) mass is 550 g/mol. The summed E-state index contributed by atoms with van der Waals surface area (Å²) in [5, 5.41) is 27.7. The lowest BCUT2D eigenvalue weighted by molar-refractivity contribution is -0.131. The molecule has 0 aliphatic heterocycles. The van der Waals surface area contributed by atoms with E-state index >= 15 is 0 Å². The number of fused-ring (bicyclic) bond motifs is 1. The largest absolute Gasteiger partial charge is 0.390 e. The van der Waals surface area contributed by atoms with Gasteiger partial charge in [0.1, 0.15) is 17.2 Å². The second-order valence-corrected chi connectivity index (χ2v) is 9.59. The van der Waals surface area contributed by atoms with E-state index in [-0.39, 0.29) is 18.5 Å². The predicted octanol–water partition coefficient (Wildman–Crippen LogP) is 2.78. The maximum Gasteiger partial charge on any atom is 0.265 e. The molecule has 0 bridgehead atoms. The molecule has 0 aliphatic carbocycles. The van der Waals surface area contributed by atoms with E-state index in [0.717, 1.165) is 30.2 Å². The number of aromatic nitrogens is 3. The molecule has 2 amide bonds. The van der Waals surface area contributed by atoms with Gasteiger partial charge in [-0.3, -0.25) is 9.59 Å². The molecule has 11 heteroatoms. The number of halogens is 2. The third-order valence-electron chi connectivity index (χ3n) is 6.46. The van der Waals surface area contributed by atoms with Gasteiger partial charge in [-0.25, -0.2) is 13.5 Å². The molecular weight excluding hydrogens is 518 g/mol. The van der Waals surface area contributed by atoms with Crippen molar-refractivity contribution >= 4 is 22.8 Å². The third kappa shape index (κ3) is 7.45. The van der Waals surface area contributed by atoms with E-state index in [0.29, 0.717) is 17.6 Å². The van der Waals surface area contributed by atoms with E-state index in [1.807, 2.05) is 18.2 Å². The fraction of sp³-hybridized carbons (Fsp3) is 0.310. The molecule has 9 nitrogen and oxygen atoms in total. The van der Waals surface area contributed by atoms with Crippen LogP contribution < -0.4 is 16.0 Å². The van der Waals surface area contributed by atoms with Crippen LogP contribution in [0.25, 0.3) is 11.0 Å². The van der Waals surface area contributed by atoms with Gasteiger partial charge in [0.2, 0.25) is 12.1 Å². The summed E-state index contributed by atoms with van der Waals surface area (Å²) in [6, 6.07) is 17.0. The molecular formula is C29H32F2N6O3. The zero-order valence-electron chi connectivity index (χ0n) is 22.3. The number of carbonyl (C=O) groups is 2. The standard InChI is InChI=1S/C29H32F2N6O3/c1-3-19-7-6-8-20(11-19)16-32-17-27(39)25(14-21-12-22(30)15-23(31)13-21)34-29(40)28(33-18(2)38)37-26-10-5-4-9-24(26)35-36-37/h4-13,15,25,27-28,32,39H,3,14,16-17H2,1-2H3,(H,33,38)(H,34,40). The molecule has 1 aromatic heterocycles. The van der Waals surface area contributed by atoms with Crippen LogP contribution in [0.2, 0.25) is 0 Å². The highest BCUT2D eigenvalue weighted by molar-refractivity contribution is 5.87. The zero-order valence-corrected chi connectivity index (χ0v) is 22.3. The highest BCUT2D eigenvalue weighted by Gasteiger charge is 2.29. The lowest BCUT2D eigenvalue weighted by atomic mass is 10.00. The Morgan fingerprint density at radius 1 is 0.950 bits per heavy atom. The van der Waals surface area contributed by atoms with Crippen molar-refractivity contribution < 1.29 is 23.5 Å². The van der Waals surface area contributed by atoms with Crippen molar-refractivity contribution in [3.8, 4) is 0 Å². The van der Waals surface area contributed by atoms with Gasteiger partial charge in [-0.1, -0.05) is 48.5 Å². The normalized spacial score (nSPS) is 13.5. The number of hydrogen-bond acceptors (Lipinski definition) is 6. The summed E-state index contributed by atoms with van der Waals surface area (Å²) in [6.45, 7) is 3.88. The van der Waals surface area contributed by atoms with Crippen LogP contribution in [0.1, 0.15) is 36.7 Å². The van der Waals surface area contributed by atoms with E-state index in [9.17, 15) is 23.5 Å². The van der Waals surface area contributed by atoms with Crippen molar-refractivity contribution in [3.63, 3.8) is 0 Å². The number of benzene rings is 3. The Morgan fingerprint density at radius 3 is 2.40 bits per heavy atom. The van der Waals surface area contributed by atoms with Gasteiger partial charge in [0.05, 0.1) is 17.7 Å². The number of nitrogens with zero attached hydrogens (tertiary/aromatic N) is 3. The number of aliphatic hydroxyl groups excluding tert-OH is 1. The molecule has 4 N–H and O–H groups in total. The third-order valence-corrected chi connectivity index (χ3v) is 6.46. The average molecular weight is 551 g/mol. The lowest BCUT2D eigenvalue weighted by Gasteiger charge is -2.27. The highest BCUT2D eigenvalue weighted by Crippen LogP contribution is 2.16. The molecule has 4 rings (SSSR count). The Kier molecular flexibility index (Phi) is 9.52. The van der Waals surface area contributed by atoms with Gasteiger partial charge in [-0.2, -0.15) is 0 Å². The van der Waals surface area contributed by atoms with Crippen molar-refractivity contribution in [1.82, 2.24) is 30.9 Å². The van der Waals surface area contributed by atoms with Crippen LogP contribution >= 0.6 is 0 Å². The van der Waals surface area contributed by atoms with Gasteiger partial charge in [0, 0.05) is 26.1 Å². The van der Waals surface area contributed by atoms with Gasteiger partial charge in [-0.05, 0) is 53.8 Å². The summed E-state index contributed by atoms with van der Waals surface area (Å²) in [7, 11) is 0. The fourth-order valence-electron chi connectivity index (χ4n) is 4.50. The molecule has 0 aliphatic rings. The van der Waals surface area contributed by atoms with E-state index in [1.165, 1.54) is 17.2 Å². The molecule has 4 aromatic rings. The number of aliphatic hydroxyl groups is 1. The Hall–Kier alpha value is -4.22. The van der Waals surface area contributed by atoms with Gasteiger partial charge < -0.3 is 21.1 Å². The Morgan fingerprint density at radius 2 is 1.68 bits per heavy atom. The summed E-state index contributed by atoms with van der Waals surface area (Å²) in [5.41, 5.74) is 3.50. The van der Waals surface area contributed by atoms with Crippen molar-refractivity contribution in [3.05, 3.63) is 95.1 Å². The maximum absolute atomic E-state index is 13.9. The minimum absolute atomic E-state index is 0.0700. The quantitative estimate of drug-likeness (QED) is 0.215.